The summed E-state index contributed by atoms with van der Waals surface area (Å²) in [6, 6.07) is 7.63. The highest BCUT2D eigenvalue weighted by atomic mass is 35.5. The van der Waals surface area contributed by atoms with Gasteiger partial charge in [0.05, 0.1) is 12.2 Å². The number of ether oxygens (including phenoxy) is 1. The number of hydrogen-bond acceptors (Lipinski definition) is 2. The Bertz CT molecular complexity index is 317. The van der Waals surface area contributed by atoms with Gasteiger partial charge in [-0.15, -0.1) is 0 Å². The quantitative estimate of drug-likeness (QED) is 0.877. The molecule has 2 nitrogen and oxygen atoms in total. The van der Waals surface area contributed by atoms with Crippen molar-refractivity contribution in [1.29, 1.82) is 0 Å². The van der Waals surface area contributed by atoms with Gasteiger partial charge in [0.1, 0.15) is 0 Å². The molecule has 3 heteroatoms. The van der Waals surface area contributed by atoms with Crippen LogP contribution in [0.2, 0.25) is 5.02 Å². The minimum Gasteiger partial charge on any atom is -0.393 e. The maximum absolute atomic E-state index is 9.92. The molecule has 88 valence electrons. The highest BCUT2D eigenvalue weighted by Gasteiger charge is 2.19. The van der Waals surface area contributed by atoms with Crippen LogP contribution in [0.5, 0.6) is 0 Å². The van der Waals surface area contributed by atoms with E-state index in [1.54, 1.807) is 0 Å². The molecule has 2 atom stereocenters. The summed E-state index contributed by atoms with van der Waals surface area (Å²) in [6.07, 6.45) is 3.56. The van der Waals surface area contributed by atoms with Crippen molar-refractivity contribution in [2.75, 3.05) is 6.61 Å². The molecule has 1 fully saturated rings. The fourth-order valence-electron chi connectivity index (χ4n) is 2.11. The van der Waals surface area contributed by atoms with Crippen LogP contribution in [-0.4, -0.2) is 23.9 Å². The predicted molar refractivity (Wildman–Crippen MR) is 64.8 cm³/mol. The van der Waals surface area contributed by atoms with Gasteiger partial charge in [-0.25, -0.2) is 0 Å². The van der Waals surface area contributed by atoms with E-state index in [1.807, 2.05) is 24.3 Å². The van der Waals surface area contributed by atoms with Crippen LogP contribution >= 0.6 is 11.6 Å². The van der Waals surface area contributed by atoms with Gasteiger partial charge in [-0.2, -0.15) is 0 Å². The van der Waals surface area contributed by atoms with E-state index in [4.69, 9.17) is 16.3 Å². The second-order valence-electron chi connectivity index (χ2n) is 4.36. The van der Waals surface area contributed by atoms with Crippen molar-refractivity contribution in [1.82, 2.24) is 0 Å². The molecular formula is C13H17ClO2. The molecule has 1 aromatic rings. The molecular weight excluding hydrogens is 224 g/mol. The van der Waals surface area contributed by atoms with E-state index in [2.05, 4.69) is 0 Å². The standard InChI is InChI=1S/C13H17ClO2/c14-11-5-3-10(4-6-11)8-12(15)9-13-2-1-7-16-13/h3-6,12-13,15H,1-2,7-9H2. The summed E-state index contributed by atoms with van der Waals surface area (Å²) in [5.41, 5.74) is 1.12. The van der Waals surface area contributed by atoms with Crippen molar-refractivity contribution < 1.29 is 9.84 Å². The lowest BCUT2D eigenvalue weighted by Crippen LogP contribution is -2.19. The Balaban J connectivity index is 1.81. The molecule has 16 heavy (non-hydrogen) atoms. The smallest absolute Gasteiger partial charge is 0.0605 e. The van der Waals surface area contributed by atoms with Gasteiger partial charge in [-0.3, -0.25) is 0 Å². The maximum Gasteiger partial charge on any atom is 0.0605 e. The van der Waals surface area contributed by atoms with Crippen molar-refractivity contribution >= 4 is 11.6 Å². The number of aliphatic hydroxyl groups excluding tert-OH is 1. The number of rotatable bonds is 4. The summed E-state index contributed by atoms with van der Waals surface area (Å²) in [7, 11) is 0. The Morgan fingerprint density at radius 2 is 2.12 bits per heavy atom. The fourth-order valence-corrected chi connectivity index (χ4v) is 2.24. The van der Waals surface area contributed by atoms with E-state index >= 15 is 0 Å². The Kier molecular flexibility index (Phi) is 4.22. The lowest BCUT2D eigenvalue weighted by Gasteiger charge is -2.15. The molecule has 0 amide bonds. The number of benzene rings is 1. The molecule has 1 N–H and O–H groups in total. The van der Waals surface area contributed by atoms with E-state index < -0.39 is 0 Å². The van der Waals surface area contributed by atoms with Crippen LogP contribution in [0.15, 0.2) is 24.3 Å². The van der Waals surface area contributed by atoms with Gasteiger partial charge in [-0.05, 0) is 43.4 Å². The Labute approximate surface area is 101 Å². The zero-order valence-electron chi connectivity index (χ0n) is 9.23. The third-order valence-electron chi connectivity index (χ3n) is 2.94. The van der Waals surface area contributed by atoms with Crippen LogP contribution in [0.1, 0.15) is 24.8 Å². The van der Waals surface area contributed by atoms with E-state index in [0.717, 1.165) is 36.5 Å². The topological polar surface area (TPSA) is 29.5 Å². The summed E-state index contributed by atoms with van der Waals surface area (Å²) in [5.74, 6) is 0. The lowest BCUT2D eigenvalue weighted by molar-refractivity contribution is 0.0541. The van der Waals surface area contributed by atoms with E-state index in [1.165, 1.54) is 0 Å². The molecule has 0 aliphatic carbocycles. The average molecular weight is 241 g/mol. The minimum absolute atomic E-state index is 0.252. The summed E-state index contributed by atoms with van der Waals surface area (Å²) >= 11 is 5.80. The summed E-state index contributed by atoms with van der Waals surface area (Å²) in [6.45, 7) is 0.846. The van der Waals surface area contributed by atoms with E-state index in [0.29, 0.717) is 6.42 Å². The molecule has 1 aliphatic heterocycles. The molecule has 1 saturated heterocycles. The zero-order chi connectivity index (χ0) is 11.4. The third-order valence-corrected chi connectivity index (χ3v) is 3.20. The largest absolute Gasteiger partial charge is 0.393 e. The Morgan fingerprint density at radius 3 is 2.75 bits per heavy atom. The van der Waals surface area contributed by atoms with Crippen molar-refractivity contribution in [3.8, 4) is 0 Å². The molecule has 1 aliphatic rings. The SMILES string of the molecule is OC(Cc1ccc(Cl)cc1)CC1CCCO1. The second kappa shape index (κ2) is 5.67. The van der Waals surface area contributed by atoms with Gasteiger partial charge in [0.25, 0.3) is 0 Å². The molecule has 0 radical (unpaired) electrons. The zero-order valence-corrected chi connectivity index (χ0v) is 9.99. The first kappa shape index (κ1) is 11.9. The molecule has 2 unspecified atom stereocenters. The molecule has 0 aromatic heterocycles. The van der Waals surface area contributed by atoms with Gasteiger partial charge in [-0.1, -0.05) is 23.7 Å². The van der Waals surface area contributed by atoms with Crippen LogP contribution < -0.4 is 0 Å². The van der Waals surface area contributed by atoms with Crippen LogP contribution in [0, 0.1) is 0 Å². The van der Waals surface area contributed by atoms with Gasteiger partial charge < -0.3 is 9.84 Å². The number of aliphatic hydroxyl groups is 1. The van der Waals surface area contributed by atoms with E-state index in [9.17, 15) is 5.11 Å². The van der Waals surface area contributed by atoms with Crippen molar-refractivity contribution in [3.63, 3.8) is 0 Å². The molecule has 1 heterocycles. The first-order chi connectivity index (χ1) is 7.74. The van der Waals surface area contributed by atoms with Crippen molar-refractivity contribution in [2.45, 2.75) is 37.9 Å². The number of halogens is 1. The van der Waals surface area contributed by atoms with Crippen LogP contribution in [0.3, 0.4) is 0 Å². The van der Waals surface area contributed by atoms with Gasteiger partial charge in [0, 0.05) is 11.6 Å². The molecule has 0 saturated carbocycles. The summed E-state index contributed by atoms with van der Waals surface area (Å²) in [4.78, 5) is 0. The monoisotopic (exact) mass is 240 g/mol. The van der Waals surface area contributed by atoms with Crippen LogP contribution in [-0.2, 0) is 11.2 Å². The lowest BCUT2D eigenvalue weighted by atomic mass is 10.0. The minimum atomic E-state index is -0.315. The fraction of sp³-hybridized carbons (Fsp3) is 0.538. The summed E-state index contributed by atoms with van der Waals surface area (Å²) < 4.78 is 5.50. The highest BCUT2D eigenvalue weighted by molar-refractivity contribution is 6.30. The number of hydrogen-bond donors (Lipinski definition) is 1. The molecule has 0 bridgehead atoms. The molecule has 2 rings (SSSR count). The first-order valence-electron chi connectivity index (χ1n) is 5.78. The Hall–Kier alpha value is -0.570. The highest BCUT2D eigenvalue weighted by Crippen LogP contribution is 2.19. The summed E-state index contributed by atoms with van der Waals surface area (Å²) in [5, 5.41) is 10.7. The van der Waals surface area contributed by atoms with Crippen molar-refractivity contribution in [2.24, 2.45) is 0 Å². The first-order valence-corrected chi connectivity index (χ1v) is 6.16. The van der Waals surface area contributed by atoms with Crippen molar-refractivity contribution in [3.05, 3.63) is 34.9 Å². The predicted octanol–water partition coefficient (Wildman–Crippen LogP) is 2.81. The third kappa shape index (κ3) is 3.48. The average Bonchev–Trinajstić information content (AvgIpc) is 2.74. The van der Waals surface area contributed by atoms with Gasteiger partial charge in [0.2, 0.25) is 0 Å². The second-order valence-corrected chi connectivity index (χ2v) is 4.79. The van der Waals surface area contributed by atoms with Gasteiger partial charge >= 0.3 is 0 Å². The van der Waals surface area contributed by atoms with Gasteiger partial charge in [0.15, 0.2) is 0 Å². The maximum atomic E-state index is 9.92. The van der Waals surface area contributed by atoms with E-state index in [-0.39, 0.29) is 12.2 Å². The molecule has 1 aromatic carbocycles. The van der Waals surface area contributed by atoms with Crippen LogP contribution in [0.25, 0.3) is 0 Å². The molecule has 0 spiro atoms. The van der Waals surface area contributed by atoms with Crippen LogP contribution in [0.4, 0.5) is 0 Å². The normalized spacial score (nSPS) is 22.2. The Morgan fingerprint density at radius 1 is 1.38 bits per heavy atom.